The third-order valence-electron chi connectivity index (χ3n) is 7.00. The maximum Gasteiger partial charge on any atom is 0.251 e. The van der Waals surface area contributed by atoms with Crippen LogP contribution in [0.15, 0.2) is 114 Å². The van der Waals surface area contributed by atoms with Crippen LogP contribution in [0, 0.1) is 0 Å². The van der Waals surface area contributed by atoms with Crippen molar-refractivity contribution in [2.75, 3.05) is 11.9 Å². The number of aliphatic imine (C=N–C) groups is 1. The van der Waals surface area contributed by atoms with Crippen molar-refractivity contribution in [2.24, 2.45) is 4.99 Å². The molecule has 4 nitrogen and oxygen atoms in total. The molecular weight excluding hydrogens is 478 g/mol. The topological polar surface area (TPSA) is 37.6 Å². The fourth-order valence-corrected chi connectivity index (χ4v) is 5.35. The molecule has 1 aromatic heterocycles. The summed E-state index contributed by atoms with van der Waals surface area (Å²) >= 11 is 6.41. The van der Waals surface area contributed by atoms with E-state index in [0.717, 1.165) is 45.5 Å². The molecule has 2 heterocycles. The number of hydrogen-bond acceptors (Lipinski definition) is 2. The molecule has 5 aromatic rings. The number of amides is 1. The second-order valence-electron chi connectivity index (χ2n) is 9.41. The van der Waals surface area contributed by atoms with Crippen molar-refractivity contribution >= 4 is 39.8 Å². The van der Waals surface area contributed by atoms with Crippen molar-refractivity contribution in [1.29, 1.82) is 0 Å². The quantitative estimate of drug-likeness (QED) is 0.261. The molecule has 37 heavy (non-hydrogen) atoms. The Hall–Kier alpha value is -4.15. The highest BCUT2D eigenvalue weighted by molar-refractivity contribution is 6.32. The first kappa shape index (κ1) is 23.3. The molecule has 0 radical (unpaired) electrons. The van der Waals surface area contributed by atoms with Gasteiger partial charge in [0.2, 0.25) is 0 Å². The zero-order valence-electron chi connectivity index (χ0n) is 20.5. The lowest BCUT2D eigenvalue weighted by atomic mass is 10.00. The summed E-state index contributed by atoms with van der Waals surface area (Å²) < 4.78 is 2.27. The standard InChI is InChI=1S/C32H26ClN3O/c1-35-29-17-16-25(33)19-27(29)31(23-12-6-3-7-13-23)34-28(32(35)37)18-24-21-36(20-22-10-4-2-5-11-22)30-15-9-8-14-26(24)30/h2-17,19,21,28H,18,20H2,1H3/t28-/m1/s1. The number of halogens is 1. The van der Waals surface area contributed by atoms with Crippen LogP contribution in [-0.4, -0.2) is 29.3 Å². The van der Waals surface area contributed by atoms with E-state index in [-0.39, 0.29) is 5.91 Å². The number of carbonyl (C=O) groups excluding carboxylic acids is 1. The molecule has 182 valence electrons. The lowest BCUT2D eigenvalue weighted by Crippen LogP contribution is -2.36. The van der Waals surface area contributed by atoms with Crippen molar-refractivity contribution in [3.63, 3.8) is 0 Å². The van der Waals surface area contributed by atoms with E-state index in [4.69, 9.17) is 16.6 Å². The van der Waals surface area contributed by atoms with E-state index >= 15 is 0 Å². The van der Waals surface area contributed by atoms with E-state index in [9.17, 15) is 4.79 Å². The molecule has 4 aromatic carbocycles. The summed E-state index contributed by atoms with van der Waals surface area (Å²) in [6.45, 7) is 0.766. The average molecular weight is 504 g/mol. The third kappa shape index (κ3) is 4.45. The van der Waals surface area contributed by atoms with E-state index in [1.165, 1.54) is 5.56 Å². The second kappa shape index (κ2) is 9.72. The molecule has 1 aliphatic heterocycles. The molecule has 0 bridgehead atoms. The normalized spacial score (nSPS) is 15.4. The van der Waals surface area contributed by atoms with Gasteiger partial charge >= 0.3 is 0 Å². The Kier molecular flexibility index (Phi) is 6.11. The van der Waals surface area contributed by atoms with Gasteiger partial charge in [-0.2, -0.15) is 0 Å². The van der Waals surface area contributed by atoms with Gasteiger partial charge in [-0.3, -0.25) is 9.79 Å². The van der Waals surface area contributed by atoms with Crippen LogP contribution < -0.4 is 4.90 Å². The van der Waals surface area contributed by atoms with Gasteiger partial charge in [0.1, 0.15) is 6.04 Å². The van der Waals surface area contributed by atoms with Gasteiger partial charge < -0.3 is 9.47 Å². The predicted octanol–water partition coefficient (Wildman–Crippen LogP) is 6.77. The average Bonchev–Trinajstić information content (AvgIpc) is 3.23. The summed E-state index contributed by atoms with van der Waals surface area (Å²) in [6, 6.07) is 33.9. The highest BCUT2D eigenvalue weighted by Crippen LogP contribution is 2.32. The van der Waals surface area contributed by atoms with Crippen LogP contribution >= 0.6 is 11.6 Å². The number of para-hydroxylation sites is 1. The molecular formula is C32H26ClN3O. The van der Waals surface area contributed by atoms with Crippen LogP contribution in [0.2, 0.25) is 5.02 Å². The molecule has 1 amide bonds. The van der Waals surface area contributed by atoms with Gasteiger partial charge in [-0.25, -0.2) is 0 Å². The number of hydrogen-bond donors (Lipinski definition) is 0. The summed E-state index contributed by atoms with van der Waals surface area (Å²) in [4.78, 5) is 20.6. The molecule has 1 aliphatic rings. The maximum atomic E-state index is 13.8. The zero-order chi connectivity index (χ0) is 25.4. The van der Waals surface area contributed by atoms with Gasteiger partial charge in [-0.15, -0.1) is 0 Å². The summed E-state index contributed by atoms with van der Waals surface area (Å²) in [5, 5.41) is 1.76. The van der Waals surface area contributed by atoms with E-state index in [1.807, 2.05) is 61.6 Å². The first-order valence-corrected chi connectivity index (χ1v) is 12.8. The Labute approximate surface area is 221 Å². The van der Waals surface area contributed by atoms with Crippen LogP contribution in [0.5, 0.6) is 0 Å². The molecule has 0 unspecified atom stereocenters. The highest BCUT2D eigenvalue weighted by Gasteiger charge is 2.31. The van der Waals surface area contributed by atoms with Gasteiger partial charge in [-0.1, -0.05) is 90.5 Å². The van der Waals surface area contributed by atoms with Crippen molar-refractivity contribution in [2.45, 2.75) is 19.0 Å². The van der Waals surface area contributed by atoms with Crippen LogP contribution in [0.3, 0.4) is 0 Å². The minimum Gasteiger partial charge on any atom is -0.343 e. The third-order valence-corrected chi connectivity index (χ3v) is 7.24. The predicted molar refractivity (Wildman–Crippen MR) is 152 cm³/mol. The van der Waals surface area contributed by atoms with E-state index in [1.54, 1.807) is 4.90 Å². The number of rotatable bonds is 5. The molecule has 0 aliphatic carbocycles. The monoisotopic (exact) mass is 503 g/mol. The van der Waals surface area contributed by atoms with Crippen LogP contribution in [0.25, 0.3) is 10.9 Å². The maximum absolute atomic E-state index is 13.8. The lowest BCUT2D eigenvalue weighted by molar-refractivity contribution is -0.119. The van der Waals surface area contributed by atoms with Crippen molar-refractivity contribution in [3.05, 3.63) is 137 Å². The van der Waals surface area contributed by atoms with Gasteiger partial charge in [0, 0.05) is 53.3 Å². The Balaban J connectivity index is 1.45. The molecule has 6 rings (SSSR count). The van der Waals surface area contributed by atoms with Gasteiger partial charge in [0.25, 0.3) is 5.91 Å². The number of aromatic nitrogens is 1. The Morgan fingerprint density at radius 3 is 2.35 bits per heavy atom. The smallest absolute Gasteiger partial charge is 0.251 e. The minimum absolute atomic E-state index is 0.0330. The molecule has 0 saturated heterocycles. The minimum atomic E-state index is -0.567. The number of likely N-dealkylation sites (N-methyl/N-ethyl adjacent to an activating group) is 1. The summed E-state index contributed by atoms with van der Waals surface area (Å²) in [7, 11) is 1.82. The first-order chi connectivity index (χ1) is 18.1. The van der Waals surface area contributed by atoms with Gasteiger partial charge in [0.05, 0.1) is 11.4 Å². The number of fused-ring (bicyclic) bond motifs is 2. The number of benzodiazepines with no additional fused rings is 1. The number of nitrogens with zero attached hydrogens (tertiary/aromatic N) is 3. The van der Waals surface area contributed by atoms with Gasteiger partial charge in [-0.05, 0) is 35.4 Å². The van der Waals surface area contributed by atoms with E-state index in [0.29, 0.717) is 11.4 Å². The Bertz CT molecular complexity index is 1620. The van der Waals surface area contributed by atoms with Crippen molar-refractivity contribution in [1.82, 2.24) is 4.57 Å². The van der Waals surface area contributed by atoms with Crippen LogP contribution in [-0.2, 0) is 17.8 Å². The fourth-order valence-electron chi connectivity index (χ4n) is 5.18. The van der Waals surface area contributed by atoms with E-state index < -0.39 is 6.04 Å². The Morgan fingerprint density at radius 2 is 1.57 bits per heavy atom. The first-order valence-electron chi connectivity index (χ1n) is 12.4. The van der Waals surface area contributed by atoms with Crippen LogP contribution in [0.4, 0.5) is 5.69 Å². The fraction of sp³-hybridized carbons (Fsp3) is 0.125. The summed E-state index contributed by atoms with van der Waals surface area (Å²) in [6.07, 6.45) is 2.68. The van der Waals surface area contributed by atoms with Crippen LogP contribution in [0.1, 0.15) is 22.3 Å². The number of anilines is 1. The summed E-state index contributed by atoms with van der Waals surface area (Å²) in [5.41, 5.74) is 6.92. The zero-order valence-corrected chi connectivity index (χ0v) is 21.3. The summed E-state index contributed by atoms with van der Waals surface area (Å²) in [5.74, 6) is -0.0330. The van der Waals surface area contributed by atoms with E-state index in [2.05, 4.69) is 59.3 Å². The molecule has 0 saturated carbocycles. The largest absolute Gasteiger partial charge is 0.343 e. The lowest BCUT2D eigenvalue weighted by Gasteiger charge is -2.20. The Morgan fingerprint density at radius 1 is 0.865 bits per heavy atom. The van der Waals surface area contributed by atoms with Gasteiger partial charge in [0.15, 0.2) is 0 Å². The molecule has 5 heteroatoms. The number of benzene rings is 4. The molecule has 0 fully saturated rings. The second-order valence-corrected chi connectivity index (χ2v) is 9.84. The molecule has 0 N–H and O–H groups in total. The number of carbonyl (C=O) groups is 1. The van der Waals surface area contributed by atoms with Crippen molar-refractivity contribution in [3.8, 4) is 0 Å². The highest BCUT2D eigenvalue weighted by atomic mass is 35.5. The SMILES string of the molecule is CN1C(=O)[C@@H](Cc2cn(Cc3ccccc3)c3ccccc23)N=C(c2ccccc2)c2cc(Cl)ccc21. The van der Waals surface area contributed by atoms with Crippen molar-refractivity contribution < 1.29 is 4.79 Å². The molecule has 1 atom stereocenters. The molecule has 0 spiro atoms.